The molecule has 2 heterocycles. The van der Waals surface area contributed by atoms with E-state index in [1.165, 1.54) is 5.56 Å². The highest BCUT2D eigenvalue weighted by molar-refractivity contribution is 6.32. The molecule has 1 aromatic heterocycles. The molecule has 5 nitrogen and oxygen atoms in total. The highest BCUT2D eigenvalue weighted by atomic mass is 35.5. The number of ether oxygens (including phenoxy) is 1. The third-order valence-electron chi connectivity index (χ3n) is 4.29. The second kappa shape index (κ2) is 6.42. The van der Waals surface area contributed by atoms with Gasteiger partial charge in [0, 0.05) is 51.3 Å². The first-order valence-electron chi connectivity index (χ1n) is 7.83. The average Bonchev–Trinajstić information content (AvgIpc) is 2.79. The van der Waals surface area contributed by atoms with Crippen molar-refractivity contribution in [3.05, 3.63) is 40.0 Å². The summed E-state index contributed by atoms with van der Waals surface area (Å²) in [4.78, 5) is 2.10. The van der Waals surface area contributed by atoms with Gasteiger partial charge in [-0.2, -0.15) is 5.10 Å². The van der Waals surface area contributed by atoms with Crippen molar-refractivity contribution in [2.75, 3.05) is 25.6 Å². The summed E-state index contributed by atoms with van der Waals surface area (Å²) >= 11 is 6.25. The number of nitrogens with zero attached hydrogens (tertiary/aromatic N) is 3. The summed E-state index contributed by atoms with van der Waals surface area (Å²) in [6.45, 7) is 3.50. The summed E-state index contributed by atoms with van der Waals surface area (Å²) in [5.41, 5.74) is 3.42. The fraction of sp³-hybridized carbons (Fsp3) is 0.471. The van der Waals surface area contributed by atoms with Gasteiger partial charge in [-0.05, 0) is 13.0 Å². The van der Waals surface area contributed by atoms with Crippen LogP contribution in [0.1, 0.15) is 29.3 Å². The standard InChI is InChI=1S/C17H23ClN4O/c1-11-13(17(21(2)3)22(4)20-11)10-19-15-8-9-23-16-12(15)6-5-7-14(16)18/h5-7,15,19H,8-10H2,1-4H3. The van der Waals surface area contributed by atoms with E-state index in [0.717, 1.165) is 35.8 Å². The molecule has 1 aromatic carbocycles. The largest absolute Gasteiger partial charge is 0.492 e. The van der Waals surface area contributed by atoms with E-state index in [0.29, 0.717) is 11.6 Å². The van der Waals surface area contributed by atoms with E-state index in [2.05, 4.69) is 28.3 Å². The monoisotopic (exact) mass is 334 g/mol. The van der Waals surface area contributed by atoms with Crippen LogP contribution >= 0.6 is 11.6 Å². The zero-order valence-corrected chi connectivity index (χ0v) is 14.8. The van der Waals surface area contributed by atoms with E-state index < -0.39 is 0 Å². The van der Waals surface area contributed by atoms with Gasteiger partial charge < -0.3 is 15.0 Å². The molecular formula is C17H23ClN4O. The molecule has 3 rings (SSSR count). The molecule has 124 valence electrons. The number of nitrogens with one attached hydrogen (secondary N) is 1. The lowest BCUT2D eigenvalue weighted by Crippen LogP contribution is -2.27. The quantitative estimate of drug-likeness (QED) is 0.933. The summed E-state index contributed by atoms with van der Waals surface area (Å²) < 4.78 is 7.66. The molecule has 2 aromatic rings. The van der Waals surface area contributed by atoms with Crippen molar-refractivity contribution >= 4 is 17.4 Å². The Kier molecular flexibility index (Phi) is 4.50. The molecule has 1 N–H and O–H groups in total. The maximum atomic E-state index is 6.25. The fourth-order valence-corrected chi connectivity index (χ4v) is 3.52. The predicted molar refractivity (Wildman–Crippen MR) is 93.4 cm³/mol. The molecular weight excluding hydrogens is 312 g/mol. The third kappa shape index (κ3) is 3.03. The smallest absolute Gasteiger partial charge is 0.142 e. The molecule has 0 saturated heterocycles. The molecule has 0 amide bonds. The number of halogens is 1. The Bertz CT molecular complexity index is 711. The molecule has 1 atom stereocenters. The van der Waals surface area contributed by atoms with Crippen molar-refractivity contribution in [1.29, 1.82) is 0 Å². The van der Waals surface area contributed by atoms with Gasteiger partial charge in [-0.1, -0.05) is 23.7 Å². The predicted octanol–water partition coefficient (Wildman–Crippen LogP) is 3.06. The summed E-state index contributed by atoms with van der Waals surface area (Å²) in [5, 5.41) is 8.88. The first-order chi connectivity index (χ1) is 11.0. The first kappa shape index (κ1) is 16.1. The summed E-state index contributed by atoms with van der Waals surface area (Å²) in [6, 6.07) is 6.18. The minimum atomic E-state index is 0.243. The SMILES string of the molecule is Cc1nn(C)c(N(C)C)c1CNC1CCOc2c(Cl)cccc21. The molecule has 23 heavy (non-hydrogen) atoms. The van der Waals surface area contributed by atoms with Gasteiger partial charge in [0.05, 0.1) is 17.3 Å². The molecule has 6 heteroatoms. The molecule has 0 spiro atoms. The minimum Gasteiger partial charge on any atom is -0.492 e. The second-order valence-corrected chi connectivity index (χ2v) is 6.54. The van der Waals surface area contributed by atoms with Gasteiger partial charge in [-0.25, -0.2) is 0 Å². The van der Waals surface area contributed by atoms with Crippen LogP contribution in [0.3, 0.4) is 0 Å². The Morgan fingerprint density at radius 2 is 2.22 bits per heavy atom. The molecule has 1 aliphatic heterocycles. The molecule has 0 saturated carbocycles. The van der Waals surface area contributed by atoms with Crippen molar-refractivity contribution in [3.63, 3.8) is 0 Å². The number of aromatic nitrogens is 2. The number of hydrogen-bond acceptors (Lipinski definition) is 4. The van der Waals surface area contributed by atoms with Crippen LogP contribution in [0.25, 0.3) is 0 Å². The summed E-state index contributed by atoms with van der Waals surface area (Å²) in [7, 11) is 6.07. The Morgan fingerprint density at radius 3 is 2.96 bits per heavy atom. The lowest BCUT2D eigenvalue weighted by Gasteiger charge is -2.28. The van der Waals surface area contributed by atoms with Gasteiger partial charge in [0.15, 0.2) is 0 Å². The maximum Gasteiger partial charge on any atom is 0.142 e. The lowest BCUT2D eigenvalue weighted by molar-refractivity contribution is 0.252. The molecule has 0 bridgehead atoms. The Balaban J connectivity index is 1.82. The number of para-hydroxylation sites is 1. The van der Waals surface area contributed by atoms with Crippen LogP contribution < -0.4 is 15.0 Å². The van der Waals surface area contributed by atoms with Crippen molar-refractivity contribution in [2.45, 2.75) is 25.9 Å². The minimum absolute atomic E-state index is 0.243. The fourth-order valence-electron chi connectivity index (χ4n) is 3.28. The van der Waals surface area contributed by atoms with Crippen LogP contribution in [0, 0.1) is 6.92 Å². The van der Waals surface area contributed by atoms with Crippen LogP contribution in [0.5, 0.6) is 5.75 Å². The zero-order valence-electron chi connectivity index (χ0n) is 14.1. The van der Waals surface area contributed by atoms with Crippen molar-refractivity contribution in [2.24, 2.45) is 7.05 Å². The van der Waals surface area contributed by atoms with E-state index in [9.17, 15) is 0 Å². The Morgan fingerprint density at radius 1 is 1.43 bits per heavy atom. The first-order valence-corrected chi connectivity index (χ1v) is 8.21. The Hall–Kier alpha value is -1.72. The number of anilines is 1. The van der Waals surface area contributed by atoms with E-state index in [-0.39, 0.29) is 6.04 Å². The third-order valence-corrected chi connectivity index (χ3v) is 4.59. The topological polar surface area (TPSA) is 42.3 Å². The van der Waals surface area contributed by atoms with E-state index >= 15 is 0 Å². The van der Waals surface area contributed by atoms with Crippen molar-refractivity contribution in [1.82, 2.24) is 15.1 Å². The van der Waals surface area contributed by atoms with Gasteiger partial charge >= 0.3 is 0 Å². The number of aryl methyl sites for hydroxylation is 2. The molecule has 0 aliphatic carbocycles. The molecule has 0 radical (unpaired) electrons. The second-order valence-electron chi connectivity index (χ2n) is 6.13. The highest BCUT2D eigenvalue weighted by Gasteiger charge is 2.24. The zero-order chi connectivity index (χ0) is 16.6. The summed E-state index contributed by atoms with van der Waals surface area (Å²) in [6.07, 6.45) is 0.934. The van der Waals surface area contributed by atoms with Gasteiger partial charge in [-0.3, -0.25) is 4.68 Å². The van der Waals surface area contributed by atoms with Crippen LogP contribution in [-0.4, -0.2) is 30.5 Å². The van der Waals surface area contributed by atoms with Crippen LogP contribution in [-0.2, 0) is 13.6 Å². The van der Waals surface area contributed by atoms with Gasteiger partial charge in [0.2, 0.25) is 0 Å². The van der Waals surface area contributed by atoms with Crippen LogP contribution in [0.2, 0.25) is 5.02 Å². The van der Waals surface area contributed by atoms with E-state index in [4.69, 9.17) is 16.3 Å². The Labute approximate surface area is 142 Å². The van der Waals surface area contributed by atoms with Gasteiger partial charge in [0.25, 0.3) is 0 Å². The maximum absolute atomic E-state index is 6.25. The van der Waals surface area contributed by atoms with Crippen LogP contribution in [0.15, 0.2) is 18.2 Å². The highest BCUT2D eigenvalue weighted by Crippen LogP contribution is 2.37. The number of hydrogen-bond donors (Lipinski definition) is 1. The van der Waals surface area contributed by atoms with Crippen LogP contribution in [0.4, 0.5) is 5.82 Å². The number of fused-ring (bicyclic) bond motifs is 1. The van der Waals surface area contributed by atoms with E-state index in [1.54, 1.807) is 0 Å². The van der Waals surface area contributed by atoms with E-state index in [1.807, 2.05) is 38.0 Å². The van der Waals surface area contributed by atoms with Gasteiger partial charge in [0.1, 0.15) is 11.6 Å². The lowest BCUT2D eigenvalue weighted by atomic mass is 10.00. The number of rotatable bonds is 4. The molecule has 0 fully saturated rings. The molecule has 1 unspecified atom stereocenters. The average molecular weight is 335 g/mol. The van der Waals surface area contributed by atoms with Crippen molar-refractivity contribution in [3.8, 4) is 5.75 Å². The number of benzene rings is 1. The van der Waals surface area contributed by atoms with Crippen molar-refractivity contribution < 1.29 is 4.74 Å². The summed E-state index contributed by atoms with van der Waals surface area (Å²) in [5.74, 6) is 1.95. The molecule has 1 aliphatic rings. The van der Waals surface area contributed by atoms with Gasteiger partial charge in [-0.15, -0.1) is 0 Å². The normalized spacial score (nSPS) is 16.8.